The van der Waals surface area contributed by atoms with Crippen molar-refractivity contribution in [2.75, 3.05) is 6.54 Å². The summed E-state index contributed by atoms with van der Waals surface area (Å²) in [6, 6.07) is 70.8. The van der Waals surface area contributed by atoms with Gasteiger partial charge in [0.15, 0.2) is 5.79 Å². The molecule has 0 aliphatic carbocycles. The standard InChI is InChI=1S/C17H12BrN3.C16H10BrN3O.C15H13BrN2O2.C15H13BrN2O.C14H10BrN3O/c18-13-3-1-4-14(10-13)21-11-20-16-9-12(6-7-17(16)21)15-5-2-8-19-15;17-12-2-1-3-13(9-12)20-10-18-15-8-11(4-5-16(15)20)14-6-7-21-19-14;1-15(19,20)10-5-6-14-13(7-10)17-9-18(14)12-4-2-3-11(16)8-12;1-10(19)11-5-6-15-14(7-11)17-9-18(15)13-4-2-3-12(16)8-13;15-10-2-1-3-11(7-10)18-8-17-12-6-9(14(16)19)4-5-13(12)18/h1-7,9-11H,8H2;1-10H;2-9,19-20H,1H3;2-10,19H,1H3;1-8H,(H2,16,19). The molecule has 1 aliphatic rings. The Kier molecular flexibility index (Phi) is 20.7. The molecule has 23 heteroatoms. The van der Waals surface area contributed by atoms with E-state index in [0.29, 0.717) is 11.1 Å². The molecule has 7 heterocycles. The number of fused-ring (bicyclic) bond motifs is 5. The summed E-state index contributed by atoms with van der Waals surface area (Å²) >= 11 is 17.4. The number of nitrogens with zero attached hydrogens (tertiary/aromatic N) is 12. The zero-order valence-electron chi connectivity index (χ0n) is 53.2. The van der Waals surface area contributed by atoms with E-state index in [1.807, 2.05) is 178 Å². The number of carbonyl (C=O) groups is 1. The number of aliphatic imine (C=N–C) groups is 1. The van der Waals surface area contributed by atoms with Crippen molar-refractivity contribution >= 4 is 146 Å². The van der Waals surface area contributed by atoms with Crippen LogP contribution in [0, 0.1) is 0 Å². The first-order valence-corrected chi connectivity index (χ1v) is 35.0. The Morgan fingerprint density at radius 3 is 1.23 bits per heavy atom. The predicted octanol–water partition coefficient (Wildman–Crippen LogP) is 18.3. The summed E-state index contributed by atoms with van der Waals surface area (Å²) < 4.78 is 20.1. The lowest BCUT2D eigenvalue weighted by atomic mass is 10.1. The first-order valence-electron chi connectivity index (χ1n) is 31.1. The van der Waals surface area contributed by atoms with Gasteiger partial charge in [0, 0.05) is 79.1 Å². The highest BCUT2D eigenvalue weighted by Gasteiger charge is 2.20. The number of aliphatic hydroxyl groups excluding tert-OH is 1. The summed E-state index contributed by atoms with van der Waals surface area (Å²) in [5.41, 5.74) is 25.5. The van der Waals surface area contributed by atoms with E-state index >= 15 is 0 Å². The maximum absolute atomic E-state index is 11.1. The summed E-state index contributed by atoms with van der Waals surface area (Å²) in [6.07, 6.45) is 14.2. The van der Waals surface area contributed by atoms with Crippen molar-refractivity contribution in [1.29, 1.82) is 0 Å². The third-order valence-corrected chi connectivity index (χ3v) is 18.6. The average Bonchev–Trinajstić information content (AvgIpc) is 1.70. The van der Waals surface area contributed by atoms with Crippen LogP contribution in [-0.2, 0) is 5.79 Å². The number of aromatic nitrogens is 11. The summed E-state index contributed by atoms with van der Waals surface area (Å²) in [7, 11) is 0. The molecule has 496 valence electrons. The fourth-order valence-electron chi connectivity index (χ4n) is 11.2. The van der Waals surface area contributed by atoms with Gasteiger partial charge in [0.1, 0.15) is 43.6 Å². The number of amides is 1. The largest absolute Gasteiger partial charge is 0.389 e. The molecule has 0 fully saturated rings. The van der Waals surface area contributed by atoms with Gasteiger partial charge in [-0.2, -0.15) is 0 Å². The summed E-state index contributed by atoms with van der Waals surface area (Å²) in [4.78, 5) is 37.6. The minimum Gasteiger partial charge on any atom is -0.389 e. The van der Waals surface area contributed by atoms with Crippen LogP contribution in [0.1, 0.15) is 47.0 Å². The van der Waals surface area contributed by atoms with Crippen molar-refractivity contribution in [3.05, 3.63) is 313 Å². The normalized spacial score (nSPS) is 12.1. The van der Waals surface area contributed by atoms with Gasteiger partial charge in [-0.15, -0.1) is 0 Å². The van der Waals surface area contributed by atoms with Gasteiger partial charge in [-0.05, 0) is 183 Å². The molecule has 16 aromatic rings. The van der Waals surface area contributed by atoms with E-state index in [-0.39, 0.29) is 0 Å². The van der Waals surface area contributed by atoms with Crippen LogP contribution in [0.5, 0.6) is 0 Å². The Balaban J connectivity index is 0.000000112. The fraction of sp³-hybridized carbons (Fsp3) is 0.0649. The molecule has 0 saturated carbocycles. The third kappa shape index (κ3) is 15.7. The van der Waals surface area contributed by atoms with Gasteiger partial charge >= 0.3 is 0 Å². The summed E-state index contributed by atoms with van der Waals surface area (Å²) in [6.45, 7) is 3.87. The van der Waals surface area contributed by atoms with E-state index in [9.17, 15) is 20.1 Å². The number of aliphatic hydroxyl groups is 3. The maximum atomic E-state index is 11.1. The fourth-order valence-corrected chi connectivity index (χ4v) is 13.1. The quantitative estimate of drug-likeness (QED) is 0.0941. The minimum absolute atomic E-state index is 0.421. The molecule has 0 spiro atoms. The molecule has 6 aromatic heterocycles. The number of rotatable bonds is 10. The van der Waals surface area contributed by atoms with Crippen molar-refractivity contribution < 1.29 is 24.6 Å². The number of nitrogens with two attached hydrogens (primary N) is 1. The Labute approximate surface area is 614 Å². The smallest absolute Gasteiger partial charge is 0.248 e. The van der Waals surface area contributed by atoms with Crippen LogP contribution in [0.3, 0.4) is 0 Å². The molecular formula is C77H58Br5N13O5. The SMILES string of the molecule is Brc1cccc(-n2cnc3cc(-c4ccon4)ccc32)c1.Brc1cccc(-n2cnc3cc(C4=NCC=C4)ccc32)c1.CC(O)(O)c1ccc2c(c1)ncn2-c1cccc(Br)c1.CC(O)c1ccc2c(c1)ncn2-c1cccc(Br)c1.NC(=O)c1ccc2c(c1)ncn2-c1cccc(Br)c1. The molecule has 5 N–H and O–H groups in total. The van der Waals surface area contributed by atoms with Crippen LogP contribution in [0.25, 0.3) is 94.9 Å². The zero-order valence-corrected chi connectivity index (χ0v) is 61.1. The molecular weight excluding hydrogens is 1590 g/mol. The van der Waals surface area contributed by atoms with Crippen molar-refractivity contribution in [3.8, 4) is 39.7 Å². The van der Waals surface area contributed by atoms with E-state index in [4.69, 9.17) is 10.3 Å². The van der Waals surface area contributed by atoms with Crippen molar-refractivity contribution in [2.45, 2.75) is 25.7 Å². The predicted molar refractivity (Wildman–Crippen MR) is 411 cm³/mol. The summed E-state index contributed by atoms with van der Waals surface area (Å²) in [5.74, 6) is -2.30. The lowest BCUT2D eigenvalue weighted by molar-refractivity contribution is -0.152. The number of hydrogen-bond acceptors (Lipinski definition) is 12. The van der Waals surface area contributed by atoms with Crippen molar-refractivity contribution in [2.24, 2.45) is 10.7 Å². The molecule has 0 radical (unpaired) electrons. The molecule has 0 saturated heterocycles. The number of benzene rings is 10. The molecule has 18 nitrogen and oxygen atoms in total. The van der Waals surface area contributed by atoms with Gasteiger partial charge in [-0.1, -0.05) is 145 Å². The Hall–Kier alpha value is -10.1. The first kappa shape index (κ1) is 68.4. The molecule has 1 unspecified atom stereocenters. The molecule has 100 heavy (non-hydrogen) atoms. The van der Waals surface area contributed by atoms with Crippen molar-refractivity contribution in [3.63, 3.8) is 0 Å². The second-order valence-electron chi connectivity index (χ2n) is 23.1. The molecule has 1 atom stereocenters. The Morgan fingerprint density at radius 1 is 0.470 bits per heavy atom. The second-order valence-corrected chi connectivity index (χ2v) is 27.7. The van der Waals surface area contributed by atoms with Gasteiger partial charge in [0.05, 0.1) is 73.5 Å². The van der Waals surface area contributed by atoms with E-state index < -0.39 is 17.8 Å². The number of hydrogen-bond donors (Lipinski definition) is 4. The highest BCUT2D eigenvalue weighted by molar-refractivity contribution is 9.11. The second kappa shape index (κ2) is 30.2. The van der Waals surface area contributed by atoms with Gasteiger partial charge in [-0.25, -0.2) is 24.9 Å². The number of allylic oxidation sites excluding steroid dienone is 1. The minimum atomic E-state index is -1.85. The average molecular weight is 1640 g/mol. The highest BCUT2D eigenvalue weighted by Crippen LogP contribution is 2.31. The monoisotopic (exact) mass is 1640 g/mol. The van der Waals surface area contributed by atoms with E-state index in [2.05, 4.69) is 178 Å². The Bertz CT molecular complexity index is 5710. The first-order chi connectivity index (χ1) is 48.4. The van der Waals surface area contributed by atoms with Gasteiger partial charge in [0.2, 0.25) is 5.91 Å². The molecule has 10 aromatic carbocycles. The van der Waals surface area contributed by atoms with Crippen LogP contribution < -0.4 is 5.73 Å². The highest BCUT2D eigenvalue weighted by atomic mass is 79.9. The van der Waals surface area contributed by atoms with Crippen LogP contribution >= 0.6 is 79.6 Å². The maximum Gasteiger partial charge on any atom is 0.248 e. The number of halogens is 5. The third-order valence-electron chi connectivity index (χ3n) is 16.2. The molecule has 17 rings (SSSR count). The van der Waals surface area contributed by atoms with Gasteiger partial charge in [0.25, 0.3) is 0 Å². The topological polar surface area (TPSA) is 231 Å². The summed E-state index contributed by atoms with van der Waals surface area (Å²) in [5, 5.41) is 32.8. The van der Waals surface area contributed by atoms with Gasteiger partial charge in [-0.3, -0.25) is 32.6 Å². The van der Waals surface area contributed by atoms with E-state index in [0.717, 1.165) is 141 Å². The zero-order chi connectivity index (χ0) is 69.6. The Morgan fingerprint density at radius 2 is 0.850 bits per heavy atom. The number of primary amides is 1. The lowest BCUT2D eigenvalue weighted by Gasteiger charge is -2.16. The number of imidazole rings is 5. The van der Waals surface area contributed by atoms with E-state index in [1.165, 1.54) is 6.92 Å². The van der Waals surface area contributed by atoms with Crippen LogP contribution in [-0.4, -0.2) is 86.4 Å². The van der Waals surface area contributed by atoms with Gasteiger partial charge < -0.3 is 25.6 Å². The van der Waals surface area contributed by atoms with Crippen molar-refractivity contribution in [1.82, 2.24) is 52.9 Å². The van der Waals surface area contributed by atoms with Crippen LogP contribution in [0.2, 0.25) is 0 Å². The van der Waals surface area contributed by atoms with Crippen LogP contribution in [0.4, 0.5) is 0 Å². The molecule has 1 aliphatic heterocycles. The molecule has 0 bridgehead atoms. The lowest BCUT2D eigenvalue weighted by Crippen LogP contribution is -2.19. The molecule has 1 amide bonds. The van der Waals surface area contributed by atoms with Crippen LogP contribution in [0.15, 0.2) is 300 Å². The number of carbonyl (C=O) groups excluding carboxylic acids is 1. The van der Waals surface area contributed by atoms with E-state index in [1.54, 1.807) is 56.4 Å².